The Morgan fingerprint density at radius 3 is 3.11 bits per heavy atom. The summed E-state index contributed by atoms with van der Waals surface area (Å²) < 4.78 is 0. The summed E-state index contributed by atoms with van der Waals surface area (Å²) in [5, 5.41) is 8.39. The van der Waals surface area contributed by atoms with Crippen molar-refractivity contribution in [3.8, 4) is 0 Å². The Morgan fingerprint density at radius 2 is 2.67 bits per heavy atom. The number of hydrogen-bond acceptors (Lipinski definition) is 3. The summed E-state index contributed by atoms with van der Waals surface area (Å²) in [6.45, 7) is 0. The second kappa shape index (κ2) is 2.17. The molecular formula is C4H6N4O. The molecule has 0 aliphatic heterocycles. The minimum absolute atomic E-state index is 0.433. The van der Waals surface area contributed by atoms with Gasteiger partial charge in [0.05, 0.1) is 11.9 Å². The van der Waals surface area contributed by atoms with Gasteiger partial charge in [-0.15, -0.1) is 0 Å². The van der Waals surface area contributed by atoms with Crippen molar-refractivity contribution in [1.82, 2.24) is 10.2 Å². The maximum Gasteiger partial charge on any atom is 0.212 e. The summed E-state index contributed by atoms with van der Waals surface area (Å²) in [5.41, 5.74) is 5.74. The molecule has 0 saturated carbocycles. The number of rotatable bonds is 2. The Hall–Kier alpha value is -1.52. The van der Waals surface area contributed by atoms with Gasteiger partial charge in [-0.3, -0.25) is 9.89 Å². The number of aromatic amines is 1. The molecule has 1 aromatic rings. The molecule has 0 unspecified atom stereocenters. The molecule has 0 bridgehead atoms. The van der Waals surface area contributed by atoms with Crippen LogP contribution in [0.2, 0.25) is 0 Å². The maximum atomic E-state index is 9.81. The first kappa shape index (κ1) is 5.61. The topological polar surface area (TPSA) is 83.8 Å². The number of nitrogen functional groups attached to an aromatic ring is 1. The molecule has 0 atom stereocenters. The first-order chi connectivity index (χ1) is 4.34. The van der Waals surface area contributed by atoms with Crippen LogP contribution < -0.4 is 11.1 Å². The lowest BCUT2D eigenvalue weighted by atomic mass is 10.5. The van der Waals surface area contributed by atoms with Gasteiger partial charge in [-0.25, -0.2) is 0 Å². The van der Waals surface area contributed by atoms with Gasteiger partial charge in [0.2, 0.25) is 6.41 Å². The van der Waals surface area contributed by atoms with Gasteiger partial charge in [-0.1, -0.05) is 0 Å². The van der Waals surface area contributed by atoms with Crippen LogP contribution in [0.5, 0.6) is 0 Å². The average molecular weight is 126 g/mol. The number of nitrogens with two attached hydrogens (primary N) is 1. The van der Waals surface area contributed by atoms with Crippen molar-refractivity contribution >= 4 is 17.9 Å². The van der Waals surface area contributed by atoms with Crippen molar-refractivity contribution in [1.29, 1.82) is 0 Å². The van der Waals surface area contributed by atoms with E-state index >= 15 is 0 Å². The predicted octanol–water partition coefficient (Wildman–Crippen LogP) is -0.440. The number of carbonyl (C=O) groups excluding carboxylic acids is 1. The van der Waals surface area contributed by atoms with E-state index in [2.05, 4.69) is 15.5 Å². The summed E-state index contributed by atoms with van der Waals surface area (Å²) >= 11 is 0. The molecule has 5 heteroatoms. The number of carbonyl (C=O) groups is 1. The standard InChI is InChI=1S/C4H6N4O/c5-3-1-7-8-4(3)6-2-9/h1-2H,5H2,(H2,6,7,8,9). The fourth-order valence-corrected chi connectivity index (χ4v) is 0.470. The minimum Gasteiger partial charge on any atom is -0.394 e. The molecule has 0 aliphatic carbocycles. The van der Waals surface area contributed by atoms with Crippen LogP contribution in [0.4, 0.5) is 11.5 Å². The van der Waals surface area contributed by atoms with E-state index < -0.39 is 0 Å². The highest BCUT2D eigenvalue weighted by Gasteiger charge is 1.95. The van der Waals surface area contributed by atoms with Gasteiger partial charge in [-0.05, 0) is 0 Å². The van der Waals surface area contributed by atoms with Gasteiger partial charge in [0.25, 0.3) is 0 Å². The van der Waals surface area contributed by atoms with E-state index in [-0.39, 0.29) is 0 Å². The molecule has 1 amide bonds. The number of H-pyrrole nitrogens is 1. The Morgan fingerprint density at radius 1 is 1.89 bits per heavy atom. The van der Waals surface area contributed by atoms with Crippen molar-refractivity contribution in [3.63, 3.8) is 0 Å². The van der Waals surface area contributed by atoms with Crippen LogP contribution in [0.1, 0.15) is 0 Å². The fourth-order valence-electron chi connectivity index (χ4n) is 0.470. The normalized spacial score (nSPS) is 8.89. The SMILES string of the molecule is Nc1cn[nH]c1NC=O. The Bertz CT molecular complexity index is 206. The monoisotopic (exact) mass is 126 g/mol. The zero-order valence-corrected chi connectivity index (χ0v) is 4.59. The lowest BCUT2D eigenvalue weighted by Gasteiger charge is -1.90. The lowest BCUT2D eigenvalue weighted by molar-refractivity contribution is -0.105. The molecule has 0 aliphatic rings. The van der Waals surface area contributed by atoms with Gasteiger partial charge in [-0.2, -0.15) is 5.10 Å². The molecule has 9 heavy (non-hydrogen) atoms. The van der Waals surface area contributed by atoms with Crippen molar-refractivity contribution in [2.75, 3.05) is 11.1 Å². The van der Waals surface area contributed by atoms with E-state index in [1.165, 1.54) is 6.20 Å². The van der Waals surface area contributed by atoms with Crippen LogP contribution in [-0.4, -0.2) is 16.6 Å². The molecule has 48 valence electrons. The van der Waals surface area contributed by atoms with E-state index in [9.17, 15) is 4.79 Å². The van der Waals surface area contributed by atoms with Gasteiger partial charge >= 0.3 is 0 Å². The maximum absolute atomic E-state index is 9.81. The number of anilines is 2. The van der Waals surface area contributed by atoms with Crippen LogP contribution >= 0.6 is 0 Å². The molecular weight excluding hydrogens is 120 g/mol. The Balaban J connectivity index is 2.80. The van der Waals surface area contributed by atoms with Gasteiger partial charge in [0.15, 0.2) is 5.82 Å². The number of nitrogens with one attached hydrogen (secondary N) is 2. The van der Waals surface area contributed by atoms with Crippen LogP contribution in [0, 0.1) is 0 Å². The van der Waals surface area contributed by atoms with E-state index in [0.717, 1.165) is 0 Å². The number of hydrogen-bond donors (Lipinski definition) is 3. The predicted molar refractivity (Wildman–Crippen MR) is 32.7 cm³/mol. The number of nitrogens with zero attached hydrogens (tertiary/aromatic N) is 1. The summed E-state index contributed by atoms with van der Waals surface area (Å²) in [6, 6.07) is 0. The molecule has 0 spiro atoms. The Kier molecular flexibility index (Phi) is 1.35. The van der Waals surface area contributed by atoms with Gasteiger partial charge < -0.3 is 11.1 Å². The van der Waals surface area contributed by atoms with Crippen molar-refractivity contribution in [3.05, 3.63) is 6.20 Å². The highest BCUT2D eigenvalue weighted by Crippen LogP contribution is 2.09. The summed E-state index contributed by atoms with van der Waals surface area (Å²) in [7, 11) is 0. The van der Waals surface area contributed by atoms with Gasteiger partial charge in [0, 0.05) is 0 Å². The highest BCUT2D eigenvalue weighted by atomic mass is 16.1. The zero-order chi connectivity index (χ0) is 6.69. The molecule has 1 heterocycles. The van der Waals surface area contributed by atoms with Crippen LogP contribution in [0.25, 0.3) is 0 Å². The molecule has 4 N–H and O–H groups in total. The first-order valence-corrected chi connectivity index (χ1v) is 2.33. The molecule has 0 fully saturated rings. The summed E-state index contributed by atoms with van der Waals surface area (Å²) in [5.74, 6) is 0.435. The largest absolute Gasteiger partial charge is 0.394 e. The zero-order valence-electron chi connectivity index (χ0n) is 4.59. The third kappa shape index (κ3) is 0.987. The smallest absolute Gasteiger partial charge is 0.212 e. The molecule has 5 nitrogen and oxygen atoms in total. The molecule has 0 radical (unpaired) electrons. The third-order valence-corrected chi connectivity index (χ3v) is 0.872. The van der Waals surface area contributed by atoms with E-state index in [1.807, 2.05) is 0 Å². The number of amides is 1. The first-order valence-electron chi connectivity index (χ1n) is 2.33. The molecule has 0 aromatic carbocycles. The third-order valence-electron chi connectivity index (χ3n) is 0.872. The second-order valence-electron chi connectivity index (χ2n) is 1.46. The van der Waals surface area contributed by atoms with E-state index in [1.54, 1.807) is 0 Å². The van der Waals surface area contributed by atoms with E-state index in [4.69, 9.17) is 5.73 Å². The van der Waals surface area contributed by atoms with Crippen LogP contribution in [0.3, 0.4) is 0 Å². The summed E-state index contributed by atoms with van der Waals surface area (Å²) in [6.07, 6.45) is 1.95. The Labute approximate surface area is 51.2 Å². The fraction of sp³-hybridized carbons (Fsp3) is 0. The molecule has 1 rings (SSSR count). The average Bonchev–Trinajstić information content (AvgIpc) is 2.18. The quantitative estimate of drug-likeness (QED) is 0.470. The van der Waals surface area contributed by atoms with Crippen molar-refractivity contribution in [2.45, 2.75) is 0 Å². The molecule has 0 saturated heterocycles. The van der Waals surface area contributed by atoms with Gasteiger partial charge in [0.1, 0.15) is 0 Å². The van der Waals surface area contributed by atoms with Crippen LogP contribution in [-0.2, 0) is 4.79 Å². The minimum atomic E-state index is 0.433. The second-order valence-corrected chi connectivity index (χ2v) is 1.46. The van der Waals surface area contributed by atoms with Crippen LogP contribution in [0.15, 0.2) is 6.20 Å². The number of aromatic nitrogens is 2. The van der Waals surface area contributed by atoms with Crippen molar-refractivity contribution in [2.24, 2.45) is 0 Å². The van der Waals surface area contributed by atoms with Crippen molar-refractivity contribution < 1.29 is 4.79 Å². The lowest BCUT2D eigenvalue weighted by Crippen LogP contribution is -1.96. The summed E-state index contributed by atoms with van der Waals surface area (Å²) in [4.78, 5) is 9.81. The molecule has 1 aromatic heterocycles. The van der Waals surface area contributed by atoms with E-state index in [0.29, 0.717) is 17.9 Å². The highest BCUT2D eigenvalue weighted by molar-refractivity contribution is 5.75.